The van der Waals surface area contributed by atoms with Crippen molar-refractivity contribution >= 4 is 34.3 Å². The third-order valence-electron chi connectivity index (χ3n) is 3.79. The summed E-state index contributed by atoms with van der Waals surface area (Å²) in [4.78, 5) is 37.8. The molecule has 0 spiro atoms. The first-order valence-corrected chi connectivity index (χ1v) is 9.49. The van der Waals surface area contributed by atoms with E-state index in [4.69, 9.17) is 14.7 Å². The Labute approximate surface area is 162 Å². The molecule has 0 aromatic carbocycles. The van der Waals surface area contributed by atoms with Gasteiger partial charge in [0.15, 0.2) is 6.61 Å². The number of thiophene rings is 1. The van der Waals surface area contributed by atoms with Gasteiger partial charge in [0.05, 0.1) is 11.5 Å². The van der Waals surface area contributed by atoms with Gasteiger partial charge in [-0.15, -0.1) is 11.3 Å². The fourth-order valence-electron chi connectivity index (χ4n) is 2.57. The maximum Gasteiger partial charge on any atom is 0.410 e. The van der Waals surface area contributed by atoms with E-state index in [1.807, 2.05) is 6.07 Å². The molecule has 2 heterocycles. The van der Waals surface area contributed by atoms with Gasteiger partial charge in [-0.2, -0.15) is 5.26 Å². The summed E-state index contributed by atoms with van der Waals surface area (Å²) >= 11 is 1.22. The Balaban J connectivity index is 1.82. The second-order valence-electron chi connectivity index (χ2n) is 7.20. The van der Waals surface area contributed by atoms with E-state index >= 15 is 0 Å². The lowest BCUT2D eigenvalue weighted by Gasteiger charge is -2.33. The average Bonchev–Trinajstić information content (AvgIpc) is 3.05. The van der Waals surface area contributed by atoms with Crippen LogP contribution in [0.1, 0.15) is 39.2 Å². The Hall–Kier alpha value is -2.60. The van der Waals surface area contributed by atoms with Gasteiger partial charge in [0, 0.05) is 13.1 Å². The number of piperidine rings is 1. The Bertz CT molecular complexity index is 747. The zero-order chi connectivity index (χ0) is 20.0. The van der Waals surface area contributed by atoms with E-state index in [0.29, 0.717) is 30.0 Å². The smallest absolute Gasteiger partial charge is 0.410 e. The monoisotopic (exact) mass is 393 g/mol. The molecule has 0 aliphatic carbocycles. The summed E-state index contributed by atoms with van der Waals surface area (Å²) in [5.41, 5.74) is -0.243. The van der Waals surface area contributed by atoms with Crippen LogP contribution in [-0.4, -0.2) is 48.2 Å². The first-order chi connectivity index (χ1) is 12.7. The van der Waals surface area contributed by atoms with Gasteiger partial charge in [0.2, 0.25) is 0 Å². The second-order valence-corrected chi connectivity index (χ2v) is 8.11. The molecule has 1 aliphatic rings. The Morgan fingerprint density at radius 2 is 2.15 bits per heavy atom. The molecule has 2 rings (SSSR count). The van der Waals surface area contributed by atoms with Gasteiger partial charge in [-0.25, -0.2) is 4.79 Å². The number of nitrogens with zero attached hydrogens (tertiary/aromatic N) is 2. The van der Waals surface area contributed by atoms with Crippen molar-refractivity contribution in [1.29, 1.82) is 5.26 Å². The molecule has 1 N–H and O–H groups in total. The van der Waals surface area contributed by atoms with Gasteiger partial charge in [0.25, 0.3) is 5.91 Å². The van der Waals surface area contributed by atoms with Crippen LogP contribution in [0.3, 0.4) is 0 Å². The summed E-state index contributed by atoms with van der Waals surface area (Å²) in [7, 11) is 0. The number of anilines is 1. The van der Waals surface area contributed by atoms with E-state index in [0.717, 1.165) is 0 Å². The topological polar surface area (TPSA) is 109 Å². The fourth-order valence-corrected chi connectivity index (χ4v) is 3.33. The maximum absolute atomic E-state index is 12.3. The van der Waals surface area contributed by atoms with E-state index in [1.165, 1.54) is 16.2 Å². The highest BCUT2D eigenvalue weighted by Gasteiger charge is 2.32. The maximum atomic E-state index is 12.3. The molecule has 0 radical (unpaired) electrons. The minimum absolute atomic E-state index is 0.207. The van der Waals surface area contributed by atoms with Crippen LogP contribution in [0.5, 0.6) is 0 Å². The molecule has 1 atom stereocenters. The van der Waals surface area contributed by atoms with Crippen molar-refractivity contribution in [2.24, 2.45) is 5.92 Å². The van der Waals surface area contributed by atoms with Crippen LogP contribution < -0.4 is 5.32 Å². The largest absolute Gasteiger partial charge is 0.455 e. The molecule has 1 unspecified atom stereocenters. The summed E-state index contributed by atoms with van der Waals surface area (Å²) in [6, 6.07) is 3.56. The Kier molecular flexibility index (Phi) is 6.80. The van der Waals surface area contributed by atoms with E-state index in [2.05, 4.69) is 5.32 Å². The first-order valence-electron chi connectivity index (χ1n) is 8.61. The quantitative estimate of drug-likeness (QED) is 0.788. The predicted octanol–water partition coefficient (Wildman–Crippen LogP) is 2.75. The van der Waals surface area contributed by atoms with E-state index in [-0.39, 0.29) is 6.54 Å². The number of ether oxygens (including phenoxy) is 2. The van der Waals surface area contributed by atoms with Crippen molar-refractivity contribution in [3.8, 4) is 6.07 Å². The van der Waals surface area contributed by atoms with E-state index in [1.54, 1.807) is 32.2 Å². The molecule has 146 valence electrons. The van der Waals surface area contributed by atoms with Crippen LogP contribution in [0.4, 0.5) is 9.80 Å². The number of carbonyl (C=O) groups is 3. The number of rotatable bonds is 4. The van der Waals surface area contributed by atoms with Crippen molar-refractivity contribution in [1.82, 2.24) is 4.90 Å². The number of amides is 2. The summed E-state index contributed by atoms with van der Waals surface area (Å²) in [5, 5.41) is 13.6. The van der Waals surface area contributed by atoms with Gasteiger partial charge in [-0.1, -0.05) is 0 Å². The molecule has 0 saturated carbocycles. The zero-order valence-corrected chi connectivity index (χ0v) is 16.4. The highest BCUT2D eigenvalue weighted by Crippen LogP contribution is 2.22. The number of carbonyl (C=O) groups excluding carboxylic acids is 3. The molecule has 0 bridgehead atoms. The van der Waals surface area contributed by atoms with Crippen LogP contribution in [-0.2, 0) is 19.1 Å². The highest BCUT2D eigenvalue weighted by molar-refractivity contribution is 7.14. The summed E-state index contributed by atoms with van der Waals surface area (Å²) in [6.07, 6.45) is 0.786. The molecule has 1 aromatic heterocycles. The minimum atomic E-state index is -0.604. The van der Waals surface area contributed by atoms with Crippen molar-refractivity contribution in [3.63, 3.8) is 0 Å². The van der Waals surface area contributed by atoms with Crippen LogP contribution in [0, 0.1) is 17.2 Å². The third kappa shape index (κ3) is 6.25. The molecule has 2 amide bonds. The lowest BCUT2D eigenvalue weighted by atomic mass is 9.98. The molecule has 9 heteroatoms. The van der Waals surface area contributed by atoms with Crippen molar-refractivity contribution in [2.45, 2.75) is 39.2 Å². The lowest BCUT2D eigenvalue weighted by Crippen LogP contribution is -2.45. The number of hydrogen-bond acceptors (Lipinski definition) is 7. The molecule has 1 fully saturated rings. The molecule has 1 aliphatic heterocycles. The number of esters is 1. The van der Waals surface area contributed by atoms with Crippen molar-refractivity contribution < 1.29 is 23.9 Å². The van der Waals surface area contributed by atoms with E-state index in [9.17, 15) is 14.4 Å². The number of hydrogen-bond donors (Lipinski definition) is 1. The van der Waals surface area contributed by atoms with E-state index < -0.39 is 36.1 Å². The van der Waals surface area contributed by atoms with Crippen LogP contribution >= 0.6 is 11.3 Å². The van der Waals surface area contributed by atoms with Gasteiger partial charge >= 0.3 is 12.1 Å². The lowest BCUT2D eigenvalue weighted by molar-refractivity contribution is -0.153. The zero-order valence-electron chi connectivity index (χ0n) is 15.6. The molecule has 1 saturated heterocycles. The Morgan fingerprint density at radius 3 is 2.81 bits per heavy atom. The highest BCUT2D eigenvalue weighted by atomic mass is 32.1. The summed E-state index contributed by atoms with van der Waals surface area (Å²) in [5.74, 6) is -1.53. The number of nitriles is 1. The van der Waals surface area contributed by atoms with Crippen molar-refractivity contribution in [3.05, 3.63) is 17.0 Å². The molecule has 27 heavy (non-hydrogen) atoms. The number of likely N-dealkylation sites (tertiary alicyclic amines) is 1. The van der Waals surface area contributed by atoms with Crippen LogP contribution in [0.2, 0.25) is 0 Å². The van der Waals surface area contributed by atoms with Crippen LogP contribution in [0.25, 0.3) is 0 Å². The molecular weight excluding hydrogens is 370 g/mol. The Morgan fingerprint density at radius 1 is 1.41 bits per heavy atom. The molecule has 8 nitrogen and oxygen atoms in total. The summed E-state index contributed by atoms with van der Waals surface area (Å²) in [6.45, 7) is 5.64. The summed E-state index contributed by atoms with van der Waals surface area (Å²) < 4.78 is 10.4. The first kappa shape index (κ1) is 20.7. The fraction of sp³-hybridized carbons (Fsp3) is 0.556. The number of nitrogens with one attached hydrogen (secondary N) is 1. The van der Waals surface area contributed by atoms with Gasteiger partial charge in [-0.3, -0.25) is 9.59 Å². The second kappa shape index (κ2) is 8.86. The molecular formula is C18H23N3O5S. The van der Waals surface area contributed by atoms with Gasteiger partial charge < -0.3 is 19.7 Å². The molecule has 1 aromatic rings. The van der Waals surface area contributed by atoms with Gasteiger partial charge in [0.1, 0.15) is 16.7 Å². The standard InChI is InChI=1S/C18H23N3O5S/c1-18(2,3)26-17(24)21-7-4-5-13(10-21)16(23)25-11-14(22)20-15-12(9-19)6-8-27-15/h6,8,13H,4-5,7,10-11H2,1-3H3,(H,20,22). The van der Waals surface area contributed by atoms with Crippen molar-refractivity contribution in [2.75, 3.05) is 25.0 Å². The van der Waals surface area contributed by atoms with Gasteiger partial charge in [-0.05, 0) is 45.1 Å². The average molecular weight is 393 g/mol. The minimum Gasteiger partial charge on any atom is -0.455 e. The predicted molar refractivity (Wildman–Crippen MR) is 99.2 cm³/mol. The SMILES string of the molecule is CC(C)(C)OC(=O)N1CCCC(C(=O)OCC(=O)Nc2sccc2C#N)C1. The third-order valence-corrected chi connectivity index (χ3v) is 4.62. The van der Waals surface area contributed by atoms with Crippen LogP contribution in [0.15, 0.2) is 11.4 Å². The normalized spacial score (nSPS) is 17.0.